The third kappa shape index (κ3) is 35.0. The maximum absolute atomic E-state index is 11.8. The molecule has 0 aromatic rings. The molecule has 0 aromatic heterocycles. The average Bonchev–Trinajstić information content (AvgIpc) is 2.96. The molecule has 3 nitrogen and oxygen atoms in total. The van der Waals surface area contributed by atoms with Crippen LogP contribution in [0.5, 0.6) is 0 Å². The van der Waals surface area contributed by atoms with Gasteiger partial charge in [0.15, 0.2) is 0 Å². The summed E-state index contributed by atoms with van der Waals surface area (Å²) in [6, 6.07) is 0. The van der Waals surface area contributed by atoms with E-state index in [9.17, 15) is 4.79 Å². The molecule has 40 heavy (non-hydrogen) atoms. The third-order valence-corrected chi connectivity index (χ3v) is 8.19. The van der Waals surface area contributed by atoms with Crippen LogP contribution >= 0.6 is 0 Å². The normalized spacial score (nSPS) is 11.4. The first-order valence-electron chi connectivity index (χ1n) is 18.4. The van der Waals surface area contributed by atoms with Gasteiger partial charge in [0.25, 0.3) is 0 Å². The number of hydrogen-bond acceptors (Lipinski definition) is 2. The summed E-state index contributed by atoms with van der Waals surface area (Å²) in [5, 5.41) is 2.92. The molecule has 0 radical (unpaired) electrons. The number of amides is 1. The summed E-state index contributed by atoms with van der Waals surface area (Å²) in [4.78, 5) is 11.8. The monoisotopic (exact) mass is 564 g/mol. The Morgan fingerprint density at radius 1 is 0.450 bits per heavy atom. The molecule has 0 spiro atoms. The van der Waals surface area contributed by atoms with Gasteiger partial charge in [0, 0.05) is 6.54 Å². The minimum atomic E-state index is -0.228. The molecule has 0 aliphatic carbocycles. The molecule has 0 rings (SSSR count). The Hall–Kier alpha value is -0.990. The lowest BCUT2D eigenvalue weighted by atomic mass is 10.0. The van der Waals surface area contributed by atoms with Crippen LogP contribution in [0.15, 0.2) is 12.2 Å². The second-order valence-corrected chi connectivity index (χ2v) is 12.3. The summed E-state index contributed by atoms with van der Waals surface area (Å²) in [7, 11) is 0. The Kier molecular flexibility index (Phi) is 35.1. The zero-order valence-corrected chi connectivity index (χ0v) is 27.6. The van der Waals surface area contributed by atoms with E-state index in [0.717, 1.165) is 19.4 Å². The first-order chi connectivity index (χ1) is 19.8. The number of alkyl carbamates (subject to hydrolysis) is 1. The van der Waals surface area contributed by atoms with E-state index in [2.05, 4.69) is 31.3 Å². The van der Waals surface area contributed by atoms with E-state index in [0.29, 0.717) is 6.61 Å². The SMILES string of the molecule is CCCCCCCCC=CCCCCCCCCNC(=O)OCCCCCCCCCCCCCCCCCC. The van der Waals surface area contributed by atoms with Crippen molar-refractivity contribution in [2.75, 3.05) is 13.2 Å². The first kappa shape index (κ1) is 39.0. The van der Waals surface area contributed by atoms with Crippen molar-refractivity contribution < 1.29 is 9.53 Å². The van der Waals surface area contributed by atoms with E-state index in [1.807, 2.05) is 0 Å². The molecule has 0 heterocycles. The van der Waals surface area contributed by atoms with Gasteiger partial charge >= 0.3 is 6.09 Å². The second-order valence-electron chi connectivity index (χ2n) is 12.3. The number of rotatable bonds is 33. The topological polar surface area (TPSA) is 38.3 Å². The molecular formula is C37H73NO2. The zero-order valence-electron chi connectivity index (χ0n) is 27.6. The quantitative estimate of drug-likeness (QED) is 0.0637. The van der Waals surface area contributed by atoms with Crippen molar-refractivity contribution in [1.82, 2.24) is 5.32 Å². The summed E-state index contributed by atoms with van der Waals surface area (Å²) >= 11 is 0. The highest BCUT2D eigenvalue weighted by atomic mass is 16.5. The first-order valence-corrected chi connectivity index (χ1v) is 18.4. The zero-order chi connectivity index (χ0) is 29.0. The van der Waals surface area contributed by atoms with Gasteiger partial charge in [-0.15, -0.1) is 0 Å². The van der Waals surface area contributed by atoms with Crippen molar-refractivity contribution in [2.24, 2.45) is 0 Å². The summed E-state index contributed by atoms with van der Waals surface area (Å²) in [5.74, 6) is 0. The minimum Gasteiger partial charge on any atom is -0.450 e. The molecule has 0 aromatic carbocycles. The second kappa shape index (κ2) is 36.0. The van der Waals surface area contributed by atoms with Crippen LogP contribution in [0.3, 0.4) is 0 Å². The lowest BCUT2D eigenvalue weighted by Crippen LogP contribution is -2.25. The molecule has 0 unspecified atom stereocenters. The third-order valence-electron chi connectivity index (χ3n) is 8.19. The van der Waals surface area contributed by atoms with Crippen LogP contribution in [0, 0.1) is 0 Å². The lowest BCUT2D eigenvalue weighted by molar-refractivity contribution is 0.143. The minimum absolute atomic E-state index is 0.228. The van der Waals surface area contributed by atoms with E-state index in [1.54, 1.807) is 0 Å². The Morgan fingerprint density at radius 2 is 0.775 bits per heavy atom. The Morgan fingerprint density at radius 3 is 1.18 bits per heavy atom. The highest BCUT2D eigenvalue weighted by Crippen LogP contribution is 2.14. The molecule has 1 amide bonds. The molecule has 0 saturated heterocycles. The van der Waals surface area contributed by atoms with Crippen LogP contribution in [0.25, 0.3) is 0 Å². The largest absolute Gasteiger partial charge is 0.450 e. The van der Waals surface area contributed by atoms with Crippen LogP contribution in [0.4, 0.5) is 4.79 Å². The van der Waals surface area contributed by atoms with Crippen LogP contribution in [-0.4, -0.2) is 19.2 Å². The lowest BCUT2D eigenvalue weighted by Gasteiger charge is -2.07. The average molecular weight is 564 g/mol. The Balaban J connectivity index is 3.18. The van der Waals surface area contributed by atoms with Crippen molar-refractivity contribution in [3.05, 3.63) is 12.2 Å². The fraction of sp³-hybridized carbons (Fsp3) is 0.919. The van der Waals surface area contributed by atoms with E-state index < -0.39 is 0 Å². The summed E-state index contributed by atoms with van der Waals surface area (Å²) in [6.07, 6.45) is 44.7. The molecule has 0 bridgehead atoms. The predicted octanol–water partition coefficient (Wildman–Crippen LogP) is 13.0. The van der Waals surface area contributed by atoms with Crippen molar-refractivity contribution in [3.63, 3.8) is 0 Å². The number of nitrogens with one attached hydrogen (secondary N) is 1. The Labute approximate surface area is 252 Å². The van der Waals surface area contributed by atoms with Crippen LogP contribution < -0.4 is 5.32 Å². The van der Waals surface area contributed by atoms with Crippen molar-refractivity contribution in [1.29, 1.82) is 0 Å². The summed E-state index contributed by atoms with van der Waals surface area (Å²) in [6.45, 7) is 5.88. The molecule has 0 atom stereocenters. The van der Waals surface area contributed by atoms with Crippen molar-refractivity contribution in [2.45, 2.75) is 206 Å². The van der Waals surface area contributed by atoms with Gasteiger partial charge in [0.05, 0.1) is 6.61 Å². The van der Waals surface area contributed by atoms with Gasteiger partial charge in [-0.05, 0) is 38.5 Å². The fourth-order valence-corrected chi connectivity index (χ4v) is 5.43. The van der Waals surface area contributed by atoms with Gasteiger partial charge in [0.1, 0.15) is 0 Å². The number of carbonyl (C=O) groups excluding carboxylic acids is 1. The maximum atomic E-state index is 11.8. The van der Waals surface area contributed by atoms with Crippen molar-refractivity contribution >= 4 is 6.09 Å². The molecule has 0 fully saturated rings. The molecule has 0 aliphatic heterocycles. The number of hydrogen-bond donors (Lipinski definition) is 1. The van der Waals surface area contributed by atoms with Crippen LogP contribution in [0.2, 0.25) is 0 Å². The van der Waals surface area contributed by atoms with Gasteiger partial charge in [0.2, 0.25) is 0 Å². The number of carbonyl (C=O) groups is 1. The highest BCUT2D eigenvalue weighted by molar-refractivity contribution is 5.66. The maximum Gasteiger partial charge on any atom is 0.407 e. The molecule has 0 saturated carbocycles. The van der Waals surface area contributed by atoms with E-state index in [-0.39, 0.29) is 6.09 Å². The number of unbranched alkanes of at least 4 members (excludes halogenated alkanes) is 27. The highest BCUT2D eigenvalue weighted by Gasteiger charge is 2.01. The molecule has 1 N–H and O–H groups in total. The fourth-order valence-electron chi connectivity index (χ4n) is 5.43. The predicted molar refractivity (Wildman–Crippen MR) is 178 cm³/mol. The van der Waals surface area contributed by atoms with Crippen LogP contribution in [-0.2, 0) is 4.74 Å². The van der Waals surface area contributed by atoms with E-state index in [4.69, 9.17) is 4.74 Å². The Bertz CT molecular complexity index is 504. The number of allylic oxidation sites excluding steroid dienone is 2. The molecule has 0 aliphatic rings. The molecule has 238 valence electrons. The number of ether oxygens (including phenoxy) is 1. The molecular weight excluding hydrogens is 490 g/mol. The van der Waals surface area contributed by atoms with Gasteiger partial charge in [-0.1, -0.05) is 180 Å². The van der Waals surface area contributed by atoms with Gasteiger partial charge < -0.3 is 10.1 Å². The smallest absolute Gasteiger partial charge is 0.407 e. The van der Waals surface area contributed by atoms with Crippen LogP contribution in [0.1, 0.15) is 206 Å². The van der Waals surface area contributed by atoms with E-state index in [1.165, 1.54) is 180 Å². The van der Waals surface area contributed by atoms with Gasteiger partial charge in [-0.2, -0.15) is 0 Å². The van der Waals surface area contributed by atoms with Gasteiger partial charge in [-0.25, -0.2) is 4.79 Å². The van der Waals surface area contributed by atoms with Crippen molar-refractivity contribution in [3.8, 4) is 0 Å². The molecule has 3 heteroatoms. The van der Waals surface area contributed by atoms with Gasteiger partial charge in [-0.3, -0.25) is 0 Å². The summed E-state index contributed by atoms with van der Waals surface area (Å²) in [5.41, 5.74) is 0. The van der Waals surface area contributed by atoms with E-state index >= 15 is 0 Å². The summed E-state index contributed by atoms with van der Waals surface area (Å²) < 4.78 is 5.33. The standard InChI is InChI=1S/C37H73NO2/c1-3-5-7-9-11-13-15-17-19-21-23-25-27-29-31-33-35-38-37(39)40-36-34-32-30-28-26-24-22-20-18-16-14-12-10-8-6-4-2/h17,19H,3-16,18,20-36H2,1-2H3,(H,38,39).